The third-order valence-electron chi connectivity index (χ3n) is 3.74. The monoisotopic (exact) mass is 333 g/mol. The maximum absolute atomic E-state index is 12.4. The minimum atomic E-state index is -0.378. The smallest absolute Gasteiger partial charge is 0.319 e. The predicted molar refractivity (Wildman–Crippen MR) is 90.1 cm³/mol. The number of nitrogens with zero attached hydrogens (tertiary/aromatic N) is 5. The van der Waals surface area contributed by atoms with Crippen LogP contribution in [0, 0.1) is 0 Å². The topological polar surface area (TPSA) is 74.7 Å². The van der Waals surface area contributed by atoms with Gasteiger partial charge >= 0.3 is 5.69 Å². The van der Waals surface area contributed by atoms with E-state index in [0.29, 0.717) is 17.7 Å². The van der Waals surface area contributed by atoms with Gasteiger partial charge in [0.15, 0.2) is 11.2 Å². The zero-order valence-electron chi connectivity index (χ0n) is 13.8. The molecule has 0 fully saturated rings. The lowest BCUT2D eigenvalue weighted by molar-refractivity contribution is 0.581. The summed E-state index contributed by atoms with van der Waals surface area (Å²) < 4.78 is 4.23. The first kappa shape index (κ1) is 15.7. The molecule has 3 aromatic rings. The Morgan fingerprint density at radius 3 is 2.48 bits per heavy atom. The van der Waals surface area contributed by atoms with Crippen molar-refractivity contribution in [3.05, 3.63) is 43.2 Å². The average Bonchev–Trinajstić information content (AvgIpc) is 3.10. The molecule has 0 N–H and O–H groups in total. The molecule has 23 heavy (non-hydrogen) atoms. The Morgan fingerprint density at radius 2 is 1.87 bits per heavy atom. The van der Waals surface area contributed by atoms with Crippen LogP contribution in [0.1, 0.15) is 31.5 Å². The summed E-state index contributed by atoms with van der Waals surface area (Å²) in [5.41, 5.74) is 0.975. The van der Waals surface area contributed by atoms with Gasteiger partial charge in [0.05, 0.1) is 23.6 Å². The van der Waals surface area contributed by atoms with Crippen LogP contribution >= 0.6 is 11.3 Å². The van der Waals surface area contributed by atoms with Crippen LogP contribution in [-0.4, -0.2) is 23.7 Å². The standard InChI is InChI=1S/C15H19N5O2S/c1-15(2,3)13-17-9(7-23-13)6-20-8-16-11-10(20)12(21)19(5)14(22)18(11)4/h7-8H,6H2,1-5H3. The number of imidazole rings is 1. The highest BCUT2D eigenvalue weighted by Gasteiger charge is 2.19. The third kappa shape index (κ3) is 2.52. The van der Waals surface area contributed by atoms with Gasteiger partial charge in [-0.3, -0.25) is 13.9 Å². The van der Waals surface area contributed by atoms with Crippen LogP contribution in [0.2, 0.25) is 0 Å². The molecule has 0 saturated carbocycles. The van der Waals surface area contributed by atoms with Crippen LogP contribution in [0.4, 0.5) is 0 Å². The number of aryl methyl sites for hydroxylation is 1. The van der Waals surface area contributed by atoms with E-state index in [1.54, 1.807) is 29.3 Å². The van der Waals surface area contributed by atoms with Gasteiger partial charge in [0.25, 0.3) is 5.56 Å². The van der Waals surface area contributed by atoms with Crippen molar-refractivity contribution in [1.29, 1.82) is 0 Å². The number of hydrogen-bond acceptors (Lipinski definition) is 5. The minimum absolute atomic E-state index is 0.0000435. The number of aromatic nitrogens is 5. The minimum Gasteiger partial charge on any atom is -0.319 e. The van der Waals surface area contributed by atoms with E-state index in [0.717, 1.165) is 15.3 Å². The van der Waals surface area contributed by atoms with Gasteiger partial charge in [-0.05, 0) is 0 Å². The lowest BCUT2D eigenvalue weighted by Gasteiger charge is -2.13. The molecule has 0 aliphatic heterocycles. The number of rotatable bonds is 2. The van der Waals surface area contributed by atoms with Crippen molar-refractivity contribution < 1.29 is 0 Å². The molecule has 0 amide bonds. The summed E-state index contributed by atoms with van der Waals surface area (Å²) in [6, 6.07) is 0. The first-order valence-electron chi connectivity index (χ1n) is 7.26. The quantitative estimate of drug-likeness (QED) is 0.707. The van der Waals surface area contributed by atoms with E-state index in [4.69, 9.17) is 0 Å². The molecule has 3 aromatic heterocycles. The van der Waals surface area contributed by atoms with E-state index >= 15 is 0 Å². The Bertz CT molecular complexity index is 1000. The molecule has 8 heteroatoms. The summed E-state index contributed by atoms with van der Waals surface area (Å²) in [7, 11) is 3.09. The van der Waals surface area contributed by atoms with Crippen molar-refractivity contribution in [1.82, 2.24) is 23.7 Å². The van der Waals surface area contributed by atoms with Crippen molar-refractivity contribution in [3.63, 3.8) is 0 Å². The number of fused-ring (bicyclic) bond motifs is 1. The highest BCUT2D eigenvalue weighted by molar-refractivity contribution is 7.09. The van der Waals surface area contributed by atoms with Crippen LogP contribution in [0.3, 0.4) is 0 Å². The fourth-order valence-corrected chi connectivity index (χ4v) is 3.31. The van der Waals surface area contributed by atoms with Gasteiger partial charge in [-0.1, -0.05) is 20.8 Å². The van der Waals surface area contributed by atoms with Gasteiger partial charge in [-0.2, -0.15) is 0 Å². The summed E-state index contributed by atoms with van der Waals surface area (Å²) in [5, 5.41) is 3.05. The molecule has 0 atom stereocenters. The molecule has 3 rings (SSSR count). The second-order valence-electron chi connectivity index (χ2n) is 6.64. The maximum Gasteiger partial charge on any atom is 0.332 e. The number of hydrogen-bond donors (Lipinski definition) is 0. The highest BCUT2D eigenvalue weighted by Crippen LogP contribution is 2.26. The second kappa shape index (κ2) is 5.16. The maximum atomic E-state index is 12.4. The van der Waals surface area contributed by atoms with Crippen molar-refractivity contribution in [3.8, 4) is 0 Å². The molecule has 0 aromatic carbocycles. The summed E-state index contributed by atoms with van der Waals surface area (Å²) in [6.45, 7) is 6.81. The summed E-state index contributed by atoms with van der Waals surface area (Å²) in [6.07, 6.45) is 1.58. The second-order valence-corrected chi connectivity index (χ2v) is 7.50. The molecule has 122 valence electrons. The summed E-state index contributed by atoms with van der Waals surface area (Å²) in [4.78, 5) is 33.2. The van der Waals surface area contributed by atoms with E-state index in [1.807, 2.05) is 5.38 Å². The fraction of sp³-hybridized carbons (Fsp3) is 0.467. The Labute approximate surface area is 136 Å². The average molecular weight is 333 g/mol. The van der Waals surface area contributed by atoms with Crippen LogP contribution < -0.4 is 11.2 Å². The molecule has 0 aliphatic rings. The molecule has 0 unspecified atom stereocenters. The van der Waals surface area contributed by atoms with Gasteiger partial charge in [0, 0.05) is 24.9 Å². The molecule has 0 aliphatic carbocycles. The normalized spacial score (nSPS) is 12.2. The zero-order valence-corrected chi connectivity index (χ0v) is 14.6. The van der Waals surface area contributed by atoms with E-state index in [1.165, 1.54) is 11.6 Å². The summed E-state index contributed by atoms with van der Waals surface area (Å²) in [5.74, 6) is 0. The van der Waals surface area contributed by atoms with E-state index in [-0.39, 0.29) is 16.7 Å². The molecule has 0 saturated heterocycles. The molecular formula is C15H19N5O2S. The molecule has 7 nitrogen and oxygen atoms in total. The Balaban J connectivity index is 2.10. The van der Waals surface area contributed by atoms with Crippen molar-refractivity contribution in [2.75, 3.05) is 0 Å². The molecule has 0 radical (unpaired) electrons. The Kier molecular flexibility index (Phi) is 3.51. The molecule has 3 heterocycles. The van der Waals surface area contributed by atoms with E-state index < -0.39 is 0 Å². The van der Waals surface area contributed by atoms with Gasteiger partial charge in [-0.25, -0.2) is 14.8 Å². The van der Waals surface area contributed by atoms with Crippen LogP contribution in [0.5, 0.6) is 0 Å². The molecular weight excluding hydrogens is 314 g/mol. The fourth-order valence-electron chi connectivity index (χ4n) is 2.42. The third-order valence-corrected chi connectivity index (χ3v) is 5.06. The van der Waals surface area contributed by atoms with Gasteiger partial charge < -0.3 is 4.57 Å². The lowest BCUT2D eigenvalue weighted by atomic mass is 9.98. The number of thiazole rings is 1. The van der Waals surface area contributed by atoms with Crippen LogP contribution in [0.25, 0.3) is 11.2 Å². The molecule has 0 spiro atoms. The van der Waals surface area contributed by atoms with E-state index in [9.17, 15) is 9.59 Å². The van der Waals surface area contributed by atoms with Crippen molar-refractivity contribution >= 4 is 22.5 Å². The van der Waals surface area contributed by atoms with Crippen LogP contribution in [-0.2, 0) is 26.1 Å². The van der Waals surface area contributed by atoms with Crippen LogP contribution in [0.15, 0.2) is 21.3 Å². The lowest BCUT2D eigenvalue weighted by Crippen LogP contribution is -2.37. The first-order valence-corrected chi connectivity index (χ1v) is 8.14. The Morgan fingerprint density at radius 1 is 1.17 bits per heavy atom. The largest absolute Gasteiger partial charge is 0.332 e. The highest BCUT2D eigenvalue weighted by atomic mass is 32.1. The molecule has 0 bridgehead atoms. The van der Waals surface area contributed by atoms with Gasteiger partial charge in [-0.15, -0.1) is 11.3 Å². The first-order chi connectivity index (χ1) is 10.7. The van der Waals surface area contributed by atoms with Crippen molar-refractivity contribution in [2.45, 2.75) is 32.7 Å². The predicted octanol–water partition coefficient (Wildman–Crippen LogP) is 1.24. The van der Waals surface area contributed by atoms with E-state index in [2.05, 4.69) is 30.7 Å². The summed E-state index contributed by atoms with van der Waals surface area (Å²) >= 11 is 1.61. The SMILES string of the molecule is Cn1c(=O)c2c(ncn2Cc2csc(C(C)(C)C)n2)n(C)c1=O. The van der Waals surface area contributed by atoms with Gasteiger partial charge in [0.2, 0.25) is 0 Å². The Hall–Kier alpha value is -2.22. The zero-order chi connectivity index (χ0) is 16.9. The van der Waals surface area contributed by atoms with Crippen molar-refractivity contribution in [2.24, 2.45) is 14.1 Å². The van der Waals surface area contributed by atoms with Gasteiger partial charge in [0.1, 0.15) is 0 Å².